The Bertz CT molecular complexity index is 931. The molecule has 1 aliphatic heterocycles. The van der Waals surface area contributed by atoms with Crippen molar-refractivity contribution in [1.29, 1.82) is 0 Å². The van der Waals surface area contributed by atoms with E-state index < -0.39 is 6.04 Å². The molecule has 1 aromatic carbocycles. The van der Waals surface area contributed by atoms with Gasteiger partial charge in [0.2, 0.25) is 5.91 Å². The molecule has 0 radical (unpaired) electrons. The SMILES string of the molecule is CCCN(CC1CC1)C(=O)C1CCCCc2nn(Cc3cccc(F)c3)c(=O)n21. The van der Waals surface area contributed by atoms with Crippen LogP contribution in [0.25, 0.3) is 0 Å². The number of hydrogen-bond donors (Lipinski definition) is 0. The van der Waals surface area contributed by atoms with E-state index in [0.29, 0.717) is 30.1 Å². The number of rotatable bonds is 7. The molecule has 2 aromatic rings. The van der Waals surface area contributed by atoms with Crippen LogP contribution in [0.1, 0.15) is 62.9 Å². The maximum absolute atomic E-state index is 13.5. The zero-order chi connectivity index (χ0) is 20.4. The predicted octanol–water partition coefficient (Wildman–Crippen LogP) is 3.15. The minimum atomic E-state index is -0.480. The molecule has 1 saturated carbocycles. The van der Waals surface area contributed by atoms with Crippen molar-refractivity contribution >= 4 is 5.91 Å². The van der Waals surface area contributed by atoms with Crippen LogP contribution in [0.2, 0.25) is 0 Å². The fourth-order valence-electron chi connectivity index (χ4n) is 4.23. The van der Waals surface area contributed by atoms with Crippen molar-refractivity contribution in [3.8, 4) is 0 Å². The Labute approximate surface area is 170 Å². The molecular formula is C22H29FN4O2. The summed E-state index contributed by atoms with van der Waals surface area (Å²) in [7, 11) is 0. The summed E-state index contributed by atoms with van der Waals surface area (Å²) in [6, 6.07) is 5.72. The Morgan fingerprint density at radius 2 is 2.10 bits per heavy atom. The largest absolute Gasteiger partial charge is 0.346 e. The van der Waals surface area contributed by atoms with Crippen molar-refractivity contribution < 1.29 is 9.18 Å². The molecule has 0 spiro atoms. The Morgan fingerprint density at radius 3 is 2.83 bits per heavy atom. The minimum absolute atomic E-state index is 0.0503. The van der Waals surface area contributed by atoms with Crippen LogP contribution in [0.3, 0.4) is 0 Å². The number of benzene rings is 1. The van der Waals surface area contributed by atoms with Crippen LogP contribution in [-0.4, -0.2) is 38.2 Å². The van der Waals surface area contributed by atoms with E-state index in [2.05, 4.69) is 12.0 Å². The van der Waals surface area contributed by atoms with Crippen LogP contribution in [0.4, 0.5) is 4.39 Å². The van der Waals surface area contributed by atoms with E-state index in [9.17, 15) is 14.0 Å². The molecular weight excluding hydrogens is 371 g/mol. The van der Waals surface area contributed by atoms with Crippen LogP contribution in [0.15, 0.2) is 29.1 Å². The molecule has 1 unspecified atom stereocenters. The summed E-state index contributed by atoms with van der Waals surface area (Å²) in [5.41, 5.74) is 0.414. The van der Waals surface area contributed by atoms with Gasteiger partial charge >= 0.3 is 5.69 Å². The lowest BCUT2D eigenvalue weighted by Gasteiger charge is -2.27. The van der Waals surface area contributed by atoms with E-state index in [1.807, 2.05) is 4.90 Å². The van der Waals surface area contributed by atoms with E-state index in [1.54, 1.807) is 16.7 Å². The first kappa shape index (κ1) is 19.9. The highest BCUT2D eigenvalue weighted by molar-refractivity contribution is 5.80. The van der Waals surface area contributed by atoms with Crippen LogP contribution in [0.5, 0.6) is 0 Å². The number of hydrogen-bond acceptors (Lipinski definition) is 3. The fraction of sp³-hybridized carbons (Fsp3) is 0.591. The van der Waals surface area contributed by atoms with Gasteiger partial charge in [0.15, 0.2) is 0 Å². The molecule has 156 valence electrons. The van der Waals surface area contributed by atoms with E-state index in [4.69, 9.17) is 0 Å². The smallest absolute Gasteiger partial charge is 0.341 e. The van der Waals surface area contributed by atoms with Gasteiger partial charge in [-0.05, 0) is 55.7 Å². The lowest BCUT2D eigenvalue weighted by atomic mass is 10.1. The van der Waals surface area contributed by atoms with E-state index in [-0.39, 0.29) is 24.0 Å². The molecule has 1 aromatic heterocycles. The van der Waals surface area contributed by atoms with Gasteiger partial charge in [0, 0.05) is 19.5 Å². The summed E-state index contributed by atoms with van der Waals surface area (Å²) in [4.78, 5) is 28.5. The Kier molecular flexibility index (Phi) is 5.83. The van der Waals surface area contributed by atoms with Gasteiger partial charge in [0.1, 0.15) is 17.7 Å². The Hall–Kier alpha value is -2.44. The predicted molar refractivity (Wildman–Crippen MR) is 108 cm³/mol. The second-order valence-corrected chi connectivity index (χ2v) is 8.35. The lowest BCUT2D eigenvalue weighted by molar-refractivity contribution is -0.135. The normalized spacial score (nSPS) is 18.9. The molecule has 6 nitrogen and oxygen atoms in total. The van der Waals surface area contributed by atoms with Gasteiger partial charge in [-0.1, -0.05) is 25.5 Å². The van der Waals surface area contributed by atoms with Gasteiger partial charge in [-0.25, -0.2) is 13.9 Å². The first-order valence-electron chi connectivity index (χ1n) is 10.8. The molecule has 0 N–H and O–H groups in total. The zero-order valence-electron chi connectivity index (χ0n) is 17.0. The van der Waals surface area contributed by atoms with E-state index in [1.165, 1.54) is 29.7 Å². The number of aromatic nitrogens is 3. The first-order valence-corrected chi connectivity index (χ1v) is 10.8. The second kappa shape index (κ2) is 8.51. The van der Waals surface area contributed by atoms with Gasteiger partial charge in [0.05, 0.1) is 6.54 Å². The Balaban J connectivity index is 1.63. The fourth-order valence-corrected chi connectivity index (χ4v) is 4.23. The quantitative estimate of drug-likeness (QED) is 0.717. The second-order valence-electron chi connectivity index (χ2n) is 8.35. The number of fused-ring (bicyclic) bond motifs is 1. The molecule has 2 aliphatic rings. The summed E-state index contributed by atoms with van der Waals surface area (Å²) in [5.74, 6) is 1.00. The molecule has 0 bridgehead atoms. The number of amides is 1. The highest BCUT2D eigenvalue weighted by atomic mass is 19.1. The number of nitrogens with zero attached hydrogens (tertiary/aromatic N) is 4. The first-order chi connectivity index (χ1) is 14.1. The number of aryl methyl sites for hydroxylation is 1. The molecule has 4 rings (SSSR count). The minimum Gasteiger partial charge on any atom is -0.341 e. The summed E-state index contributed by atoms with van der Waals surface area (Å²) < 4.78 is 16.5. The molecule has 7 heteroatoms. The van der Waals surface area contributed by atoms with Gasteiger partial charge in [-0.3, -0.25) is 9.36 Å². The van der Waals surface area contributed by atoms with E-state index >= 15 is 0 Å². The van der Waals surface area contributed by atoms with Gasteiger partial charge < -0.3 is 4.90 Å². The molecule has 1 amide bonds. The third-order valence-electron chi connectivity index (χ3n) is 5.87. The number of carbonyl (C=O) groups is 1. The van der Waals surface area contributed by atoms with Gasteiger partial charge in [-0.15, -0.1) is 0 Å². The van der Waals surface area contributed by atoms with Crippen molar-refractivity contribution in [2.45, 2.75) is 64.5 Å². The zero-order valence-corrected chi connectivity index (χ0v) is 17.0. The number of halogens is 1. The van der Waals surface area contributed by atoms with Crippen molar-refractivity contribution in [1.82, 2.24) is 19.2 Å². The van der Waals surface area contributed by atoms with Crippen molar-refractivity contribution in [2.75, 3.05) is 13.1 Å². The van der Waals surface area contributed by atoms with Crippen molar-refractivity contribution in [3.63, 3.8) is 0 Å². The molecule has 0 saturated heterocycles. The monoisotopic (exact) mass is 400 g/mol. The van der Waals surface area contributed by atoms with Crippen LogP contribution < -0.4 is 5.69 Å². The maximum Gasteiger partial charge on any atom is 0.346 e. The standard InChI is InChI=1S/C22H29FN4O2/c1-2-12-25(14-16-10-11-16)21(28)19-8-3-4-9-20-24-26(22(29)27(19)20)15-17-6-5-7-18(23)13-17/h5-7,13,16,19H,2-4,8-12,14-15H2,1H3. The highest BCUT2D eigenvalue weighted by Gasteiger charge is 2.34. The molecule has 1 atom stereocenters. The number of carbonyl (C=O) groups excluding carboxylic acids is 1. The topological polar surface area (TPSA) is 60.1 Å². The highest BCUT2D eigenvalue weighted by Crippen LogP contribution is 2.31. The van der Waals surface area contributed by atoms with Gasteiger partial charge in [-0.2, -0.15) is 5.10 Å². The summed E-state index contributed by atoms with van der Waals surface area (Å²) in [6.07, 6.45) is 6.46. The molecule has 1 fully saturated rings. The van der Waals surface area contributed by atoms with Gasteiger partial charge in [0.25, 0.3) is 0 Å². The van der Waals surface area contributed by atoms with E-state index in [0.717, 1.165) is 32.4 Å². The third kappa shape index (κ3) is 4.43. The lowest BCUT2D eigenvalue weighted by Crippen LogP contribution is -2.42. The van der Waals surface area contributed by atoms with Crippen LogP contribution in [-0.2, 0) is 17.8 Å². The summed E-state index contributed by atoms with van der Waals surface area (Å²) >= 11 is 0. The average molecular weight is 400 g/mol. The van der Waals surface area contributed by atoms with Crippen molar-refractivity contribution in [2.24, 2.45) is 5.92 Å². The summed E-state index contributed by atoms with van der Waals surface area (Å²) in [6.45, 7) is 3.81. The van der Waals surface area contributed by atoms with Crippen molar-refractivity contribution in [3.05, 3.63) is 52.0 Å². The average Bonchev–Trinajstić information content (AvgIpc) is 3.49. The third-order valence-corrected chi connectivity index (χ3v) is 5.87. The molecule has 29 heavy (non-hydrogen) atoms. The maximum atomic E-state index is 13.5. The molecule has 2 heterocycles. The Morgan fingerprint density at radius 1 is 1.28 bits per heavy atom. The molecule has 1 aliphatic carbocycles. The summed E-state index contributed by atoms with van der Waals surface area (Å²) in [5, 5.41) is 4.52. The van der Waals surface area contributed by atoms with Crippen LogP contribution >= 0.6 is 0 Å². The van der Waals surface area contributed by atoms with Crippen LogP contribution in [0, 0.1) is 11.7 Å².